The molecule has 0 radical (unpaired) electrons. The van der Waals surface area contributed by atoms with E-state index < -0.39 is 0 Å². The van der Waals surface area contributed by atoms with Gasteiger partial charge in [0.2, 0.25) is 5.91 Å². The maximum Gasteiger partial charge on any atom is 0.251 e. The zero-order valence-corrected chi connectivity index (χ0v) is 15.5. The summed E-state index contributed by atoms with van der Waals surface area (Å²) in [6.45, 7) is 0.696. The molecule has 4 N–H and O–H groups in total. The van der Waals surface area contributed by atoms with Crippen molar-refractivity contribution >= 4 is 23.5 Å². The summed E-state index contributed by atoms with van der Waals surface area (Å²) in [5.74, 6) is 0.227. The van der Waals surface area contributed by atoms with E-state index in [4.69, 9.17) is 0 Å². The fourth-order valence-electron chi connectivity index (χ4n) is 2.36. The average molecular weight is 368 g/mol. The minimum absolute atomic E-state index is 0.0841. The fraction of sp³-hybridized carbons (Fsp3) is 0.263. The summed E-state index contributed by atoms with van der Waals surface area (Å²) < 4.78 is 0. The molecule has 1 aromatic carbocycles. The van der Waals surface area contributed by atoms with Crippen LogP contribution in [0.4, 0.5) is 5.69 Å². The lowest BCUT2D eigenvalue weighted by Gasteiger charge is -2.12. The maximum absolute atomic E-state index is 11.9. The first kappa shape index (κ1) is 19.9. The van der Waals surface area contributed by atoms with Gasteiger partial charge >= 0.3 is 0 Å². The average Bonchev–Trinajstić information content (AvgIpc) is 2.70. The van der Waals surface area contributed by atoms with E-state index >= 15 is 0 Å². The smallest absolute Gasteiger partial charge is 0.251 e. The molecule has 2 amide bonds. The van der Waals surface area contributed by atoms with Crippen LogP contribution in [0.15, 0.2) is 53.8 Å². The molecule has 1 aromatic heterocycles. The van der Waals surface area contributed by atoms with Crippen LogP contribution < -0.4 is 21.3 Å². The zero-order valence-electron chi connectivity index (χ0n) is 15.5. The van der Waals surface area contributed by atoms with E-state index in [-0.39, 0.29) is 18.4 Å². The number of hydrogen-bond donors (Lipinski definition) is 4. The van der Waals surface area contributed by atoms with Crippen molar-refractivity contribution in [2.45, 2.75) is 6.42 Å². The monoisotopic (exact) mass is 368 g/mol. The molecule has 0 saturated heterocycles. The Balaban J connectivity index is 1.75. The molecule has 0 aliphatic carbocycles. The molecule has 27 heavy (non-hydrogen) atoms. The lowest BCUT2D eigenvalue weighted by atomic mass is 10.1. The van der Waals surface area contributed by atoms with Gasteiger partial charge in [-0.2, -0.15) is 0 Å². The molecule has 0 fully saturated rings. The minimum Gasteiger partial charge on any atom is -0.356 e. The van der Waals surface area contributed by atoms with Crippen LogP contribution in [0.5, 0.6) is 0 Å². The number of rotatable bonds is 7. The van der Waals surface area contributed by atoms with Crippen molar-refractivity contribution in [2.75, 3.05) is 32.5 Å². The normalized spacial score (nSPS) is 10.8. The fourth-order valence-corrected chi connectivity index (χ4v) is 2.36. The molecule has 0 unspecified atom stereocenters. The van der Waals surface area contributed by atoms with Crippen molar-refractivity contribution in [3.63, 3.8) is 0 Å². The highest BCUT2D eigenvalue weighted by Gasteiger charge is 2.06. The Bertz CT molecular complexity index is 792. The lowest BCUT2D eigenvalue weighted by molar-refractivity contribution is -0.115. The Morgan fingerprint density at radius 1 is 1.15 bits per heavy atom. The number of aromatic nitrogens is 1. The Hall–Kier alpha value is -3.42. The van der Waals surface area contributed by atoms with E-state index in [0.717, 1.165) is 5.56 Å². The molecule has 8 nitrogen and oxygen atoms in total. The predicted molar refractivity (Wildman–Crippen MR) is 106 cm³/mol. The standard InChI is InChI=1S/C19H24N6O2/c1-20-18(27)15-6-3-5-14(11-15)8-10-23-19(21-2)24-13-17(26)25-16-7-4-9-22-12-16/h3-7,9,11-12H,8,10,13H2,1-2H3,(H,20,27)(H,25,26)(H2,21,23,24). The number of amides is 2. The molecule has 0 bridgehead atoms. The molecule has 0 aliphatic heterocycles. The van der Waals surface area contributed by atoms with Crippen LogP contribution in [-0.4, -0.2) is 49.9 Å². The van der Waals surface area contributed by atoms with Gasteiger partial charge in [0.25, 0.3) is 5.91 Å². The topological polar surface area (TPSA) is 108 Å². The van der Waals surface area contributed by atoms with Crippen molar-refractivity contribution in [1.29, 1.82) is 0 Å². The van der Waals surface area contributed by atoms with Gasteiger partial charge in [-0.1, -0.05) is 12.1 Å². The number of anilines is 1. The Kier molecular flexibility index (Phi) is 7.77. The van der Waals surface area contributed by atoms with Gasteiger partial charge in [0.15, 0.2) is 5.96 Å². The van der Waals surface area contributed by atoms with Crippen LogP contribution in [0.2, 0.25) is 0 Å². The summed E-state index contributed by atoms with van der Waals surface area (Å²) in [7, 11) is 3.25. The number of hydrogen-bond acceptors (Lipinski definition) is 4. The third-order valence-corrected chi connectivity index (χ3v) is 3.71. The molecule has 0 aliphatic rings. The molecule has 1 heterocycles. The van der Waals surface area contributed by atoms with Crippen LogP contribution in [0.1, 0.15) is 15.9 Å². The summed E-state index contributed by atoms with van der Waals surface area (Å²) in [4.78, 5) is 31.7. The lowest BCUT2D eigenvalue weighted by Crippen LogP contribution is -2.42. The van der Waals surface area contributed by atoms with Gasteiger partial charge in [-0.15, -0.1) is 0 Å². The molecule has 0 spiro atoms. The van der Waals surface area contributed by atoms with Gasteiger partial charge in [0.05, 0.1) is 18.4 Å². The second-order valence-electron chi connectivity index (χ2n) is 5.67. The number of nitrogens with zero attached hydrogens (tertiary/aromatic N) is 2. The van der Waals surface area contributed by atoms with E-state index in [1.165, 1.54) is 0 Å². The van der Waals surface area contributed by atoms with Crippen LogP contribution in [0.3, 0.4) is 0 Å². The van der Waals surface area contributed by atoms with Crippen molar-refractivity contribution in [3.05, 3.63) is 59.9 Å². The molecular formula is C19H24N6O2. The first-order chi connectivity index (χ1) is 13.1. The number of carbonyl (C=O) groups is 2. The highest BCUT2D eigenvalue weighted by atomic mass is 16.2. The quantitative estimate of drug-likeness (QED) is 0.427. The molecular weight excluding hydrogens is 344 g/mol. The van der Waals surface area contributed by atoms with E-state index in [9.17, 15) is 9.59 Å². The number of aliphatic imine (C=N–C) groups is 1. The van der Waals surface area contributed by atoms with Crippen LogP contribution in [0, 0.1) is 0 Å². The van der Waals surface area contributed by atoms with E-state index in [1.54, 1.807) is 44.7 Å². The highest BCUT2D eigenvalue weighted by Crippen LogP contribution is 2.05. The van der Waals surface area contributed by atoms with Gasteiger partial charge in [0, 0.05) is 32.4 Å². The summed E-state index contributed by atoms with van der Waals surface area (Å²) in [5.41, 5.74) is 2.31. The summed E-state index contributed by atoms with van der Waals surface area (Å²) in [6.07, 6.45) is 3.94. The van der Waals surface area contributed by atoms with Gasteiger partial charge in [-0.25, -0.2) is 0 Å². The van der Waals surface area contributed by atoms with Gasteiger partial charge in [-0.3, -0.25) is 19.6 Å². The molecule has 0 atom stereocenters. The Morgan fingerprint density at radius 3 is 2.70 bits per heavy atom. The number of carbonyl (C=O) groups excluding carboxylic acids is 2. The molecule has 8 heteroatoms. The summed E-state index contributed by atoms with van der Waals surface area (Å²) in [6, 6.07) is 11.0. The summed E-state index contributed by atoms with van der Waals surface area (Å²) in [5, 5.41) is 11.5. The summed E-state index contributed by atoms with van der Waals surface area (Å²) >= 11 is 0. The second kappa shape index (κ2) is 10.5. The highest BCUT2D eigenvalue weighted by molar-refractivity contribution is 5.95. The number of guanidine groups is 1. The van der Waals surface area contributed by atoms with E-state index in [1.807, 2.05) is 18.2 Å². The molecule has 0 saturated carbocycles. The number of nitrogens with one attached hydrogen (secondary N) is 4. The van der Waals surface area contributed by atoms with Gasteiger partial charge < -0.3 is 21.3 Å². The Morgan fingerprint density at radius 2 is 2.00 bits per heavy atom. The van der Waals surface area contributed by atoms with Crippen molar-refractivity contribution in [1.82, 2.24) is 20.9 Å². The third-order valence-electron chi connectivity index (χ3n) is 3.71. The van der Waals surface area contributed by atoms with Crippen LogP contribution >= 0.6 is 0 Å². The number of benzene rings is 1. The first-order valence-corrected chi connectivity index (χ1v) is 8.58. The van der Waals surface area contributed by atoms with Crippen LogP contribution in [-0.2, 0) is 11.2 Å². The van der Waals surface area contributed by atoms with Crippen LogP contribution in [0.25, 0.3) is 0 Å². The van der Waals surface area contributed by atoms with Gasteiger partial charge in [-0.05, 0) is 36.2 Å². The van der Waals surface area contributed by atoms with Crippen molar-refractivity contribution < 1.29 is 9.59 Å². The van der Waals surface area contributed by atoms with Gasteiger partial charge in [0.1, 0.15) is 0 Å². The maximum atomic E-state index is 11.9. The molecule has 2 rings (SSSR count). The molecule has 2 aromatic rings. The van der Waals surface area contributed by atoms with E-state index in [0.29, 0.717) is 30.2 Å². The van der Waals surface area contributed by atoms with Crippen molar-refractivity contribution in [2.24, 2.45) is 4.99 Å². The second-order valence-corrected chi connectivity index (χ2v) is 5.67. The SMILES string of the molecule is CN=C(NCCc1cccc(C(=O)NC)c1)NCC(=O)Nc1cccnc1. The number of pyridine rings is 1. The van der Waals surface area contributed by atoms with Crippen molar-refractivity contribution in [3.8, 4) is 0 Å². The largest absolute Gasteiger partial charge is 0.356 e. The Labute approximate surface area is 158 Å². The minimum atomic E-state index is -0.191. The van der Waals surface area contributed by atoms with E-state index in [2.05, 4.69) is 31.2 Å². The zero-order chi connectivity index (χ0) is 19.5. The molecule has 142 valence electrons. The first-order valence-electron chi connectivity index (χ1n) is 8.58. The third kappa shape index (κ3) is 6.77. The predicted octanol–water partition coefficient (Wildman–Crippen LogP) is 0.787.